The molecule has 0 saturated heterocycles. The fraction of sp³-hybridized carbons (Fsp3) is 0.316. The van der Waals surface area contributed by atoms with Gasteiger partial charge in [-0.25, -0.2) is 0 Å². The normalized spacial score (nSPS) is 17.3. The largest absolute Gasteiger partial charge is 0.357 e. The summed E-state index contributed by atoms with van der Waals surface area (Å²) in [6.45, 7) is 17.1. The highest BCUT2D eigenvalue weighted by Crippen LogP contribution is 2.30. The van der Waals surface area contributed by atoms with Crippen LogP contribution in [0.25, 0.3) is 11.1 Å². The second-order valence-corrected chi connectivity index (χ2v) is 13.4. The fourth-order valence-corrected chi connectivity index (χ4v) is 8.00. The number of nitrogens with one attached hydrogen (secondary N) is 4. The zero-order valence-electron chi connectivity index (χ0n) is 26.4. The molecule has 2 aromatic carbocycles. The third-order valence-electron chi connectivity index (χ3n) is 8.57. The van der Waals surface area contributed by atoms with E-state index >= 15 is 0 Å². The van der Waals surface area contributed by atoms with Crippen molar-refractivity contribution in [2.45, 2.75) is 67.5 Å². The van der Waals surface area contributed by atoms with Gasteiger partial charge in [0.15, 0.2) is 0 Å². The zero-order chi connectivity index (χ0) is 30.1. The van der Waals surface area contributed by atoms with Crippen LogP contribution in [0.2, 0.25) is 0 Å². The number of H-pyrrole nitrogens is 2. The van der Waals surface area contributed by atoms with Crippen LogP contribution in [0.5, 0.6) is 0 Å². The van der Waals surface area contributed by atoms with Crippen LogP contribution in [0.1, 0.15) is 80.1 Å². The van der Waals surface area contributed by atoms with Gasteiger partial charge in [-0.3, -0.25) is 0 Å². The highest BCUT2D eigenvalue weighted by atomic mass is 32.1. The van der Waals surface area contributed by atoms with Crippen molar-refractivity contribution < 1.29 is 0 Å². The summed E-state index contributed by atoms with van der Waals surface area (Å²) in [5.41, 5.74) is 17.9. The van der Waals surface area contributed by atoms with Gasteiger partial charge in [0.2, 0.25) is 0 Å². The fourth-order valence-electron chi connectivity index (χ4n) is 6.86. The van der Waals surface area contributed by atoms with Gasteiger partial charge in [0.25, 0.3) is 0 Å². The quantitative estimate of drug-likeness (QED) is 0.185. The topological polar surface area (TPSA) is 55.6 Å². The van der Waals surface area contributed by atoms with E-state index in [0.29, 0.717) is 0 Å². The van der Waals surface area contributed by atoms with E-state index in [1.54, 1.807) is 0 Å². The first-order valence-electron chi connectivity index (χ1n) is 15.6. The average Bonchev–Trinajstić information content (AvgIpc) is 3.71. The van der Waals surface area contributed by atoms with Gasteiger partial charge in [0.1, 0.15) is 0 Å². The van der Waals surface area contributed by atoms with E-state index in [4.69, 9.17) is 0 Å². The standard InChI is InChI=1S/C38H44N4S/c1-23-17-25(3)35(26(4)18-23)37-31-11-9-29(41-31)21-39-15-7-8-16-40-22-30-10-12-32(42-30)38(34-14-13-33(37)43-34)36-27(5)19-24(2)20-28(36)6/h9-14,17-20,39-42H,7-8,15-16,21-22H2,1-6H3/b37-33+,38-34+. The molecule has 4 N–H and O–H groups in total. The molecule has 4 heterocycles. The maximum absolute atomic E-state index is 3.79. The summed E-state index contributed by atoms with van der Waals surface area (Å²) >= 11 is 1.89. The minimum absolute atomic E-state index is 0.844. The first-order chi connectivity index (χ1) is 20.8. The molecule has 4 nitrogen and oxygen atoms in total. The van der Waals surface area contributed by atoms with Crippen molar-refractivity contribution in [2.24, 2.45) is 0 Å². The number of rotatable bonds is 2. The molecule has 0 aliphatic carbocycles. The average molecular weight is 589 g/mol. The number of thiophene rings is 1. The van der Waals surface area contributed by atoms with Gasteiger partial charge in [-0.2, -0.15) is 0 Å². The molecule has 1 aliphatic rings. The molecule has 5 heteroatoms. The number of aromatic amines is 2. The predicted octanol–water partition coefficient (Wildman–Crippen LogP) is 6.72. The molecular weight excluding hydrogens is 545 g/mol. The molecule has 0 unspecified atom stereocenters. The molecule has 6 bridgehead atoms. The van der Waals surface area contributed by atoms with E-state index in [9.17, 15) is 0 Å². The van der Waals surface area contributed by atoms with E-state index in [1.165, 1.54) is 87.5 Å². The van der Waals surface area contributed by atoms with Crippen molar-refractivity contribution in [2.75, 3.05) is 13.1 Å². The maximum atomic E-state index is 3.79. The third kappa shape index (κ3) is 6.21. The van der Waals surface area contributed by atoms with Crippen molar-refractivity contribution in [1.82, 2.24) is 20.6 Å². The molecule has 0 atom stereocenters. The molecule has 0 radical (unpaired) electrons. The number of aromatic nitrogens is 2. The zero-order valence-corrected chi connectivity index (χ0v) is 27.2. The second-order valence-electron chi connectivity index (χ2n) is 12.3. The predicted molar refractivity (Wildman–Crippen MR) is 182 cm³/mol. The van der Waals surface area contributed by atoms with Crippen LogP contribution in [-0.2, 0) is 13.1 Å². The Hall–Kier alpha value is -3.64. The van der Waals surface area contributed by atoms with Gasteiger partial charge in [-0.05, 0) is 137 Å². The number of aryl methyl sites for hydroxylation is 6. The van der Waals surface area contributed by atoms with Crippen LogP contribution < -0.4 is 19.7 Å². The van der Waals surface area contributed by atoms with Gasteiger partial charge < -0.3 is 20.6 Å². The lowest BCUT2D eigenvalue weighted by Gasteiger charge is -2.15. The number of hydrogen-bond donors (Lipinski definition) is 4. The van der Waals surface area contributed by atoms with Crippen molar-refractivity contribution in [3.05, 3.63) is 137 Å². The summed E-state index contributed by atoms with van der Waals surface area (Å²) in [6.07, 6.45) is 2.30. The summed E-state index contributed by atoms with van der Waals surface area (Å²) in [5.74, 6) is 0. The van der Waals surface area contributed by atoms with Crippen LogP contribution in [0, 0.1) is 41.5 Å². The van der Waals surface area contributed by atoms with Gasteiger partial charge >= 0.3 is 0 Å². The van der Waals surface area contributed by atoms with E-state index in [0.717, 1.165) is 39.0 Å². The van der Waals surface area contributed by atoms with Gasteiger partial charge in [-0.1, -0.05) is 35.4 Å². The van der Waals surface area contributed by atoms with Crippen molar-refractivity contribution in [3.63, 3.8) is 0 Å². The Balaban J connectivity index is 1.67. The summed E-state index contributed by atoms with van der Waals surface area (Å²) in [4.78, 5) is 7.59. The highest BCUT2D eigenvalue weighted by Gasteiger charge is 2.18. The van der Waals surface area contributed by atoms with E-state index < -0.39 is 0 Å². The van der Waals surface area contributed by atoms with Crippen LogP contribution in [-0.4, -0.2) is 23.1 Å². The van der Waals surface area contributed by atoms with Crippen LogP contribution >= 0.6 is 11.3 Å². The summed E-state index contributed by atoms with van der Waals surface area (Å²) in [5, 5.41) is 7.29. The Labute approximate surface area is 260 Å². The van der Waals surface area contributed by atoms with E-state index in [1.807, 2.05) is 11.3 Å². The highest BCUT2D eigenvalue weighted by molar-refractivity contribution is 7.08. The molecule has 0 saturated carbocycles. The third-order valence-corrected chi connectivity index (χ3v) is 9.69. The van der Waals surface area contributed by atoms with Crippen LogP contribution in [0.3, 0.4) is 0 Å². The molecule has 222 valence electrons. The monoisotopic (exact) mass is 588 g/mol. The Morgan fingerprint density at radius 3 is 1.30 bits per heavy atom. The van der Waals surface area contributed by atoms with E-state index in [2.05, 4.69) is 123 Å². The van der Waals surface area contributed by atoms with Crippen LogP contribution in [0.15, 0.2) is 60.7 Å². The molecule has 0 amide bonds. The Bertz CT molecular complexity index is 1720. The minimum atomic E-state index is 0.844. The number of benzene rings is 2. The molecule has 0 fully saturated rings. The van der Waals surface area contributed by atoms with Gasteiger partial charge in [-0.15, -0.1) is 11.3 Å². The molecule has 6 rings (SSSR count). The molecular formula is C38H44N4S. The summed E-state index contributed by atoms with van der Waals surface area (Å²) in [7, 11) is 0. The first-order valence-corrected chi connectivity index (χ1v) is 16.4. The molecule has 5 aromatic rings. The van der Waals surface area contributed by atoms with Gasteiger partial charge in [0, 0.05) is 56.1 Å². The van der Waals surface area contributed by atoms with Crippen molar-refractivity contribution in [1.29, 1.82) is 0 Å². The Kier molecular flexibility index (Phi) is 8.58. The number of hydrogen-bond acceptors (Lipinski definition) is 3. The SMILES string of the molecule is Cc1cc(C)c(/C2=c3\cc/c(s3)=C(\c3c(C)cc(C)cc3C)c3ccc([nH]3)CNCCCCNCc3ccc2[nH]3)c(C)c1. The van der Waals surface area contributed by atoms with Crippen molar-refractivity contribution in [3.8, 4) is 0 Å². The lowest BCUT2D eigenvalue weighted by atomic mass is 9.92. The first kappa shape index (κ1) is 29.4. The second kappa shape index (κ2) is 12.5. The lowest BCUT2D eigenvalue weighted by molar-refractivity contribution is 0.577. The Morgan fingerprint density at radius 2 is 0.907 bits per heavy atom. The Morgan fingerprint density at radius 1 is 0.512 bits per heavy atom. The van der Waals surface area contributed by atoms with Crippen LogP contribution in [0.4, 0.5) is 0 Å². The molecule has 0 spiro atoms. The minimum Gasteiger partial charge on any atom is -0.357 e. The molecule has 3 aromatic heterocycles. The molecule has 43 heavy (non-hydrogen) atoms. The lowest BCUT2D eigenvalue weighted by Crippen LogP contribution is -2.19. The summed E-state index contributed by atoms with van der Waals surface area (Å²) in [6, 6.07) is 22.9. The van der Waals surface area contributed by atoms with Crippen molar-refractivity contribution >= 4 is 22.5 Å². The summed E-state index contributed by atoms with van der Waals surface area (Å²) < 4.78 is 2.55. The van der Waals surface area contributed by atoms with E-state index in [-0.39, 0.29) is 0 Å². The maximum Gasteiger partial charge on any atom is 0.0477 e. The molecule has 1 aliphatic heterocycles. The van der Waals surface area contributed by atoms with Gasteiger partial charge in [0.05, 0.1) is 0 Å². The number of fused-ring (bicyclic) bond motifs is 6. The smallest absolute Gasteiger partial charge is 0.0477 e.